The molecule has 0 radical (unpaired) electrons. The fourth-order valence-corrected chi connectivity index (χ4v) is 0.680. The van der Waals surface area contributed by atoms with E-state index < -0.39 is 0 Å². The van der Waals surface area contributed by atoms with Gasteiger partial charge in [0.2, 0.25) is 0 Å². The monoisotopic (exact) mass is 134 g/mol. The molecule has 0 spiro atoms. The Bertz CT molecular complexity index is 64.6. The smallest absolute Gasteiger partial charge is 0.0108 e. The number of halogens is 1. The van der Waals surface area contributed by atoms with E-state index in [-0.39, 0.29) is 0 Å². The van der Waals surface area contributed by atoms with Gasteiger partial charge < -0.3 is 0 Å². The summed E-state index contributed by atoms with van der Waals surface area (Å²) in [5.41, 5.74) is 0. The van der Waals surface area contributed by atoms with Crippen molar-refractivity contribution in [2.45, 2.75) is 0 Å². The van der Waals surface area contributed by atoms with E-state index in [1.165, 1.54) is 6.38 Å². The lowest BCUT2D eigenvalue weighted by atomic mass is 10.7. The Balaban J connectivity index is 0.000000162. The van der Waals surface area contributed by atoms with Crippen LogP contribution in [0.4, 0.5) is 0 Å². The molecule has 0 saturated heterocycles. The molecule has 0 amide bonds. The summed E-state index contributed by atoms with van der Waals surface area (Å²) < 4.78 is 0. The zero-order valence-corrected chi connectivity index (χ0v) is 5.67. The van der Waals surface area contributed by atoms with Crippen molar-refractivity contribution in [1.82, 2.24) is 0 Å². The predicted octanol–water partition coefficient (Wildman–Crippen LogP) is 2.60. The van der Waals surface area contributed by atoms with E-state index in [0.29, 0.717) is 0 Å². The van der Waals surface area contributed by atoms with Gasteiger partial charge >= 0.3 is 0 Å². The maximum Gasteiger partial charge on any atom is 0.0108 e. The summed E-state index contributed by atoms with van der Waals surface area (Å²) in [5.74, 6) is 0. The van der Waals surface area contributed by atoms with Gasteiger partial charge in [0.1, 0.15) is 0 Å². The molecule has 1 aromatic rings. The van der Waals surface area contributed by atoms with Crippen LogP contribution in [0.2, 0.25) is 0 Å². The van der Waals surface area contributed by atoms with Crippen LogP contribution in [0.5, 0.6) is 0 Å². The first-order chi connectivity index (χ1) is 3.50. The van der Waals surface area contributed by atoms with Gasteiger partial charge in [-0.2, -0.15) is 11.3 Å². The van der Waals surface area contributed by atoms with Crippen molar-refractivity contribution in [3.8, 4) is 0 Å². The number of hydrogen-bond donors (Lipinski definition) is 0. The Hall–Kier alpha value is -0.0100. The van der Waals surface area contributed by atoms with Crippen LogP contribution in [0.15, 0.2) is 22.9 Å². The van der Waals surface area contributed by atoms with Crippen molar-refractivity contribution >= 4 is 22.9 Å². The molecule has 1 heterocycles. The van der Waals surface area contributed by atoms with Gasteiger partial charge in [-0.05, 0) is 10.8 Å². The van der Waals surface area contributed by atoms with Gasteiger partial charge in [0.25, 0.3) is 0 Å². The summed E-state index contributed by atoms with van der Waals surface area (Å²) in [5, 5.41) is 4.08. The lowest BCUT2D eigenvalue weighted by Gasteiger charge is -1.39. The maximum atomic E-state index is 4.64. The molecular formula is C5H7ClS. The second kappa shape index (κ2) is 5.99. The highest BCUT2D eigenvalue weighted by molar-refractivity contribution is 7.07. The van der Waals surface area contributed by atoms with Gasteiger partial charge in [-0.15, -0.1) is 11.6 Å². The highest BCUT2D eigenvalue weighted by Crippen LogP contribution is 1.91. The molecule has 0 saturated carbocycles. The van der Waals surface area contributed by atoms with E-state index in [2.05, 4.69) is 11.6 Å². The lowest BCUT2D eigenvalue weighted by Crippen LogP contribution is -1.16. The molecule has 0 aromatic carbocycles. The molecule has 0 bridgehead atoms. The van der Waals surface area contributed by atoms with Gasteiger partial charge in [-0.1, -0.05) is 12.1 Å². The third kappa shape index (κ3) is 3.83. The average molecular weight is 135 g/mol. The van der Waals surface area contributed by atoms with E-state index in [0.717, 1.165) is 0 Å². The van der Waals surface area contributed by atoms with Crippen molar-refractivity contribution in [3.05, 3.63) is 22.9 Å². The van der Waals surface area contributed by atoms with Crippen molar-refractivity contribution in [2.24, 2.45) is 0 Å². The van der Waals surface area contributed by atoms with Crippen LogP contribution in [0.3, 0.4) is 0 Å². The standard InChI is InChI=1S/C4H4S.CH3Cl/c1-2-4-5-3-1;1-2/h1-4H;1H3. The Morgan fingerprint density at radius 1 is 1.14 bits per heavy atom. The van der Waals surface area contributed by atoms with Gasteiger partial charge in [-0.3, -0.25) is 0 Å². The minimum atomic E-state index is 1.47. The molecule has 1 rings (SSSR count). The maximum absolute atomic E-state index is 4.64. The number of alkyl halides is 1. The van der Waals surface area contributed by atoms with Gasteiger partial charge in [0, 0.05) is 6.38 Å². The van der Waals surface area contributed by atoms with Gasteiger partial charge in [0.05, 0.1) is 0 Å². The van der Waals surface area contributed by atoms with E-state index in [1.54, 1.807) is 11.3 Å². The molecule has 2 heteroatoms. The second-order valence-electron chi connectivity index (χ2n) is 0.793. The van der Waals surface area contributed by atoms with Crippen molar-refractivity contribution in [1.29, 1.82) is 0 Å². The Kier molecular flexibility index (Phi) is 5.98. The zero-order valence-electron chi connectivity index (χ0n) is 4.10. The minimum Gasteiger partial charge on any atom is -0.152 e. The fraction of sp³-hybridized carbons (Fsp3) is 0.200. The number of rotatable bonds is 0. The zero-order chi connectivity index (χ0) is 5.54. The summed E-state index contributed by atoms with van der Waals surface area (Å²) in [7, 11) is 0. The predicted molar refractivity (Wildman–Crippen MR) is 36.1 cm³/mol. The highest BCUT2D eigenvalue weighted by Gasteiger charge is 1.58. The third-order valence-corrected chi connectivity index (χ3v) is 1.05. The first-order valence-corrected chi connectivity index (χ1v) is 3.55. The van der Waals surface area contributed by atoms with Crippen LogP contribution in [0, 0.1) is 0 Å². The van der Waals surface area contributed by atoms with Crippen LogP contribution in [-0.2, 0) is 0 Å². The van der Waals surface area contributed by atoms with Crippen LogP contribution in [0.25, 0.3) is 0 Å². The van der Waals surface area contributed by atoms with Gasteiger partial charge in [0.15, 0.2) is 0 Å². The van der Waals surface area contributed by atoms with Crippen LogP contribution < -0.4 is 0 Å². The Morgan fingerprint density at radius 2 is 1.57 bits per heavy atom. The molecule has 1 aromatic heterocycles. The van der Waals surface area contributed by atoms with E-state index in [1.807, 2.05) is 22.9 Å². The lowest BCUT2D eigenvalue weighted by molar-refractivity contribution is 2.03. The molecular weight excluding hydrogens is 128 g/mol. The third-order valence-electron chi connectivity index (χ3n) is 0.425. The average Bonchev–Trinajstić information content (AvgIpc) is 2.23. The summed E-state index contributed by atoms with van der Waals surface area (Å²) in [6, 6.07) is 4.04. The van der Waals surface area contributed by atoms with E-state index >= 15 is 0 Å². The van der Waals surface area contributed by atoms with Crippen LogP contribution in [-0.4, -0.2) is 6.38 Å². The van der Waals surface area contributed by atoms with Gasteiger partial charge in [-0.25, -0.2) is 0 Å². The fourth-order valence-electron chi connectivity index (χ4n) is 0.227. The summed E-state index contributed by atoms with van der Waals surface area (Å²) in [6.45, 7) is 0. The molecule has 0 aliphatic heterocycles. The molecule has 0 atom stereocenters. The number of thiophene rings is 1. The Morgan fingerprint density at radius 3 is 1.71 bits per heavy atom. The second-order valence-corrected chi connectivity index (χ2v) is 1.61. The van der Waals surface area contributed by atoms with Crippen molar-refractivity contribution < 1.29 is 0 Å². The van der Waals surface area contributed by atoms with E-state index in [4.69, 9.17) is 0 Å². The molecule has 0 aliphatic carbocycles. The van der Waals surface area contributed by atoms with Crippen LogP contribution >= 0.6 is 22.9 Å². The first-order valence-electron chi connectivity index (χ1n) is 1.85. The molecule has 40 valence electrons. The quantitative estimate of drug-likeness (QED) is 0.479. The first kappa shape index (κ1) is 6.99. The van der Waals surface area contributed by atoms with Crippen molar-refractivity contribution in [2.75, 3.05) is 6.38 Å². The van der Waals surface area contributed by atoms with Crippen LogP contribution in [0.1, 0.15) is 0 Å². The SMILES string of the molecule is CCl.c1ccsc1. The molecule has 0 nitrogen and oxygen atoms in total. The largest absolute Gasteiger partial charge is 0.152 e. The molecule has 0 fully saturated rings. The highest BCUT2D eigenvalue weighted by atomic mass is 35.5. The summed E-state index contributed by atoms with van der Waals surface area (Å²) >= 11 is 6.35. The Labute approximate surface area is 52.7 Å². The number of hydrogen-bond acceptors (Lipinski definition) is 1. The minimum absolute atomic E-state index is 1.47. The van der Waals surface area contributed by atoms with E-state index in [9.17, 15) is 0 Å². The molecule has 0 unspecified atom stereocenters. The van der Waals surface area contributed by atoms with Crippen molar-refractivity contribution in [3.63, 3.8) is 0 Å². The molecule has 7 heavy (non-hydrogen) atoms. The normalized spacial score (nSPS) is 6.57. The molecule has 0 aliphatic rings. The topological polar surface area (TPSA) is 0 Å². The molecule has 0 N–H and O–H groups in total. The summed E-state index contributed by atoms with van der Waals surface area (Å²) in [4.78, 5) is 0. The summed E-state index contributed by atoms with van der Waals surface area (Å²) in [6.07, 6.45) is 1.47.